The molecule has 25 heavy (non-hydrogen) atoms. The zero-order chi connectivity index (χ0) is 20.5. The van der Waals surface area contributed by atoms with Crippen LogP contribution in [0.5, 0.6) is 0 Å². The second-order valence-corrected chi connectivity index (χ2v) is 5.72. The van der Waals surface area contributed by atoms with E-state index in [0.717, 1.165) is 19.4 Å². The molecule has 0 spiro atoms. The number of carbonyl (C=O) groups excluding carboxylic acids is 2. The summed E-state index contributed by atoms with van der Waals surface area (Å²) in [5.41, 5.74) is 5.46. The van der Waals surface area contributed by atoms with Crippen molar-refractivity contribution in [3.05, 3.63) is 0 Å². The summed E-state index contributed by atoms with van der Waals surface area (Å²) >= 11 is 0. The Labute approximate surface area is 153 Å². The van der Waals surface area contributed by atoms with Crippen LogP contribution in [0.2, 0.25) is 0 Å². The van der Waals surface area contributed by atoms with Crippen molar-refractivity contribution in [1.82, 2.24) is 4.90 Å². The molecule has 2 rings (SSSR count). The van der Waals surface area contributed by atoms with Crippen molar-refractivity contribution in [3.8, 4) is 25.7 Å². The molecule has 0 radical (unpaired) electrons. The Morgan fingerprint density at radius 1 is 1.32 bits per heavy atom. The fraction of sp³-hybridized carbons (Fsp3) is 0.632. The normalized spacial score (nSPS) is 16.6. The van der Waals surface area contributed by atoms with Gasteiger partial charge in [-0.1, -0.05) is 0 Å². The average molecular weight is 351 g/mol. The highest BCUT2D eigenvalue weighted by atomic mass is 16.5. The van der Waals surface area contributed by atoms with Crippen molar-refractivity contribution in [2.75, 3.05) is 20.3 Å². The van der Waals surface area contributed by atoms with Crippen molar-refractivity contribution >= 4 is 18.2 Å². The van der Waals surface area contributed by atoms with E-state index in [0.29, 0.717) is 18.3 Å². The highest BCUT2D eigenvalue weighted by molar-refractivity contribution is 5.98. The SMILES string of the molecule is C#C.C#C.CC1(C)CC(=O)N(CC2CC2)C(N)=N1.CC=O.CCOC. The van der Waals surface area contributed by atoms with Crippen molar-refractivity contribution in [2.24, 2.45) is 16.6 Å². The van der Waals surface area contributed by atoms with Gasteiger partial charge in [-0.25, -0.2) is 4.99 Å². The van der Waals surface area contributed by atoms with Crippen LogP contribution >= 0.6 is 0 Å². The van der Waals surface area contributed by atoms with E-state index in [-0.39, 0.29) is 11.4 Å². The van der Waals surface area contributed by atoms with Crippen LogP contribution in [0.15, 0.2) is 4.99 Å². The highest BCUT2D eigenvalue weighted by Crippen LogP contribution is 2.31. The lowest BCUT2D eigenvalue weighted by Gasteiger charge is -2.32. The number of terminal acetylenes is 2. The third-order valence-electron chi connectivity index (χ3n) is 3.01. The Hall–Kier alpha value is -2.31. The molecule has 0 unspecified atom stereocenters. The van der Waals surface area contributed by atoms with Crippen LogP contribution in [0, 0.1) is 31.6 Å². The maximum atomic E-state index is 11.7. The van der Waals surface area contributed by atoms with Crippen molar-refractivity contribution in [3.63, 3.8) is 0 Å². The molecule has 0 aromatic carbocycles. The van der Waals surface area contributed by atoms with Gasteiger partial charge in [0.05, 0.1) is 12.0 Å². The van der Waals surface area contributed by atoms with Gasteiger partial charge in [-0.2, -0.15) is 0 Å². The Kier molecular flexibility index (Phi) is 18.2. The summed E-state index contributed by atoms with van der Waals surface area (Å²) in [5, 5.41) is 0. The number of nitrogens with zero attached hydrogens (tertiary/aromatic N) is 2. The molecular formula is C19H33N3O3. The van der Waals surface area contributed by atoms with Gasteiger partial charge in [0.1, 0.15) is 6.29 Å². The molecule has 1 heterocycles. The van der Waals surface area contributed by atoms with Gasteiger partial charge in [0.2, 0.25) is 5.91 Å². The Balaban J connectivity index is -0.000000371. The number of rotatable bonds is 3. The van der Waals surface area contributed by atoms with Gasteiger partial charge in [0.15, 0.2) is 5.96 Å². The number of aldehydes is 1. The van der Waals surface area contributed by atoms with Gasteiger partial charge in [-0.15, -0.1) is 25.7 Å². The predicted octanol–water partition coefficient (Wildman–Crippen LogP) is 2.08. The Morgan fingerprint density at radius 2 is 1.72 bits per heavy atom. The first-order chi connectivity index (χ1) is 11.8. The summed E-state index contributed by atoms with van der Waals surface area (Å²) in [5.74, 6) is 1.18. The maximum Gasteiger partial charge on any atom is 0.231 e. The van der Waals surface area contributed by atoms with Crippen molar-refractivity contribution in [2.45, 2.75) is 52.5 Å². The summed E-state index contributed by atoms with van der Waals surface area (Å²) in [6.07, 6.45) is 19.7. The van der Waals surface area contributed by atoms with Crippen LogP contribution in [-0.2, 0) is 14.3 Å². The Morgan fingerprint density at radius 3 is 2.00 bits per heavy atom. The van der Waals surface area contributed by atoms with E-state index in [1.165, 1.54) is 19.8 Å². The lowest BCUT2D eigenvalue weighted by Crippen LogP contribution is -2.50. The van der Waals surface area contributed by atoms with E-state index in [9.17, 15) is 4.79 Å². The van der Waals surface area contributed by atoms with E-state index in [2.05, 4.69) is 35.4 Å². The zero-order valence-corrected chi connectivity index (χ0v) is 16.2. The molecule has 6 heteroatoms. The molecular weight excluding hydrogens is 318 g/mol. The van der Waals surface area contributed by atoms with Crippen molar-refractivity contribution in [1.29, 1.82) is 0 Å². The topological polar surface area (TPSA) is 85.0 Å². The standard InChI is InChI=1S/C10H17N3O.C3H8O.C2H4O.2C2H2/c1-10(2)5-8(14)13(9(11)12-10)6-7-3-4-7;1-3-4-2;1-2-3;2*1-2/h7H,3-6H2,1-2H3,(H2,11,12);3H2,1-2H3;2H,1H3;2*1-2H. The quantitative estimate of drug-likeness (QED) is 0.623. The largest absolute Gasteiger partial charge is 0.385 e. The highest BCUT2D eigenvalue weighted by Gasteiger charge is 2.35. The lowest BCUT2D eigenvalue weighted by atomic mass is 9.99. The molecule has 0 saturated heterocycles. The minimum atomic E-state index is -0.318. The molecule has 0 atom stereocenters. The minimum Gasteiger partial charge on any atom is -0.385 e. The molecule has 6 nitrogen and oxygen atoms in total. The van der Waals surface area contributed by atoms with Crippen LogP contribution < -0.4 is 5.73 Å². The number of aliphatic imine (C=N–C) groups is 1. The van der Waals surface area contributed by atoms with E-state index in [1.807, 2.05) is 20.8 Å². The molecule has 1 aliphatic carbocycles. The maximum absolute atomic E-state index is 11.7. The number of carbonyl (C=O) groups is 2. The van der Waals surface area contributed by atoms with Crippen LogP contribution in [0.4, 0.5) is 0 Å². The summed E-state index contributed by atoms with van der Waals surface area (Å²) in [6.45, 7) is 8.86. The average Bonchev–Trinajstić information content (AvgIpc) is 3.39. The van der Waals surface area contributed by atoms with Crippen LogP contribution in [-0.4, -0.2) is 48.9 Å². The monoisotopic (exact) mass is 351 g/mol. The summed E-state index contributed by atoms with van der Waals surface area (Å²) in [6, 6.07) is 0. The summed E-state index contributed by atoms with van der Waals surface area (Å²) in [4.78, 5) is 26.5. The van der Waals surface area contributed by atoms with Gasteiger partial charge in [-0.3, -0.25) is 9.69 Å². The number of hydrogen-bond acceptors (Lipinski definition) is 5. The Bertz CT molecular complexity index is 428. The summed E-state index contributed by atoms with van der Waals surface area (Å²) < 4.78 is 4.54. The van der Waals surface area contributed by atoms with E-state index >= 15 is 0 Å². The number of guanidine groups is 1. The number of methoxy groups -OCH3 is 1. The third kappa shape index (κ3) is 15.0. The van der Waals surface area contributed by atoms with Gasteiger partial charge >= 0.3 is 0 Å². The van der Waals surface area contributed by atoms with Crippen LogP contribution in [0.25, 0.3) is 0 Å². The number of nitrogens with two attached hydrogens (primary N) is 1. The predicted molar refractivity (Wildman–Crippen MR) is 104 cm³/mol. The number of amides is 1. The first-order valence-corrected chi connectivity index (χ1v) is 8.02. The van der Waals surface area contributed by atoms with Gasteiger partial charge in [-0.05, 0) is 46.5 Å². The fourth-order valence-corrected chi connectivity index (χ4v) is 1.76. The molecule has 142 valence electrons. The van der Waals surface area contributed by atoms with Gasteiger partial charge in [0.25, 0.3) is 0 Å². The smallest absolute Gasteiger partial charge is 0.231 e. The molecule has 1 aliphatic heterocycles. The molecule has 1 saturated carbocycles. The van der Waals surface area contributed by atoms with Crippen LogP contribution in [0.3, 0.4) is 0 Å². The lowest BCUT2D eigenvalue weighted by molar-refractivity contribution is -0.129. The second-order valence-electron chi connectivity index (χ2n) is 5.72. The first kappa shape index (κ1) is 27.5. The minimum absolute atomic E-state index is 0.120. The van der Waals surface area contributed by atoms with E-state index < -0.39 is 0 Å². The number of ether oxygens (including phenoxy) is 1. The first-order valence-electron chi connectivity index (χ1n) is 8.02. The molecule has 1 amide bonds. The molecule has 0 bridgehead atoms. The van der Waals surface area contributed by atoms with E-state index in [4.69, 9.17) is 10.5 Å². The van der Waals surface area contributed by atoms with Crippen LogP contribution in [0.1, 0.15) is 47.0 Å². The van der Waals surface area contributed by atoms with E-state index in [1.54, 1.807) is 12.0 Å². The number of hydrogen-bond donors (Lipinski definition) is 1. The molecule has 0 aromatic heterocycles. The van der Waals surface area contributed by atoms with Gasteiger partial charge in [0, 0.05) is 20.3 Å². The molecule has 2 aliphatic rings. The van der Waals surface area contributed by atoms with Gasteiger partial charge < -0.3 is 15.3 Å². The third-order valence-corrected chi connectivity index (χ3v) is 3.01. The second kappa shape index (κ2) is 16.5. The fourth-order valence-electron chi connectivity index (χ4n) is 1.76. The molecule has 2 N–H and O–H groups in total. The molecule has 1 fully saturated rings. The zero-order valence-electron chi connectivity index (χ0n) is 16.2. The molecule has 0 aromatic rings. The van der Waals surface area contributed by atoms with Crippen molar-refractivity contribution < 1.29 is 14.3 Å². The summed E-state index contributed by atoms with van der Waals surface area (Å²) in [7, 11) is 1.68.